The molecule has 1 amide bonds. The Kier molecular flexibility index (Phi) is 5.31. The van der Waals surface area contributed by atoms with E-state index in [4.69, 9.17) is 16.7 Å². The minimum absolute atomic E-state index is 0.0162. The molecule has 0 spiro atoms. The summed E-state index contributed by atoms with van der Waals surface area (Å²) in [6.45, 7) is 1.83. The highest BCUT2D eigenvalue weighted by Crippen LogP contribution is 2.25. The molecule has 0 aromatic heterocycles. The SMILES string of the molecule is C[C@H](CS(=O)(=O)c1ccccc1Cl)C(=O)N1CCCC1C(=O)O. The Morgan fingerprint density at radius 2 is 2.04 bits per heavy atom. The van der Waals surface area contributed by atoms with E-state index in [1.54, 1.807) is 12.1 Å². The monoisotopic (exact) mass is 359 g/mol. The van der Waals surface area contributed by atoms with Gasteiger partial charge in [-0.1, -0.05) is 30.7 Å². The highest BCUT2D eigenvalue weighted by molar-refractivity contribution is 7.91. The first-order valence-electron chi connectivity index (χ1n) is 7.24. The number of rotatable bonds is 5. The number of aliphatic carboxylic acids is 1. The number of carboxylic acids is 1. The van der Waals surface area contributed by atoms with Crippen LogP contribution in [0.1, 0.15) is 19.8 Å². The number of carbonyl (C=O) groups is 2. The normalized spacial score (nSPS) is 19.6. The second-order valence-corrected chi connectivity index (χ2v) is 8.05. The number of halogens is 1. The van der Waals surface area contributed by atoms with Crippen molar-refractivity contribution in [3.8, 4) is 0 Å². The Morgan fingerprint density at radius 3 is 2.65 bits per heavy atom. The summed E-state index contributed by atoms with van der Waals surface area (Å²) >= 11 is 5.91. The molecule has 1 aromatic carbocycles. The van der Waals surface area contributed by atoms with Crippen molar-refractivity contribution in [3.05, 3.63) is 29.3 Å². The first kappa shape index (κ1) is 17.7. The van der Waals surface area contributed by atoms with Crippen molar-refractivity contribution in [2.75, 3.05) is 12.3 Å². The summed E-state index contributed by atoms with van der Waals surface area (Å²) in [6, 6.07) is 5.18. The van der Waals surface area contributed by atoms with Crippen LogP contribution in [0.5, 0.6) is 0 Å². The van der Waals surface area contributed by atoms with Crippen LogP contribution in [0.4, 0.5) is 0 Å². The van der Waals surface area contributed by atoms with Crippen molar-refractivity contribution in [1.82, 2.24) is 4.90 Å². The maximum Gasteiger partial charge on any atom is 0.326 e. The average molecular weight is 360 g/mol. The molecule has 0 bridgehead atoms. The van der Waals surface area contributed by atoms with Crippen LogP contribution in [0.3, 0.4) is 0 Å². The van der Waals surface area contributed by atoms with Gasteiger partial charge in [-0.25, -0.2) is 13.2 Å². The van der Waals surface area contributed by atoms with Gasteiger partial charge in [0.15, 0.2) is 9.84 Å². The van der Waals surface area contributed by atoms with E-state index in [-0.39, 0.29) is 9.92 Å². The molecular weight excluding hydrogens is 342 g/mol. The molecule has 0 radical (unpaired) electrons. The number of nitrogens with zero attached hydrogens (tertiary/aromatic N) is 1. The van der Waals surface area contributed by atoms with Gasteiger partial charge in [0.25, 0.3) is 0 Å². The van der Waals surface area contributed by atoms with E-state index in [9.17, 15) is 18.0 Å². The summed E-state index contributed by atoms with van der Waals surface area (Å²) in [7, 11) is -3.73. The van der Waals surface area contributed by atoms with Gasteiger partial charge in [-0.05, 0) is 25.0 Å². The minimum Gasteiger partial charge on any atom is -0.480 e. The fourth-order valence-corrected chi connectivity index (χ4v) is 4.88. The van der Waals surface area contributed by atoms with Crippen LogP contribution in [0.25, 0.3) is 0 Å². The van der Waals surface area contributed by atoms with Crippen molar-refractivity contribution >= 4 is 33.3 Å². The Bertz CT molecular complexity index is 718. The van der Waals surface area contributed by atoms with Crippen molar-refractivity contribution in [2.45, 2.75) is 30.7 Å². The Hall–Kier alpha value is -1.60. The van der Waals surface area contributed by atoms with Gasteiger partial charge >= 0.3 is 5.97 Å². The van der Waals surface area contributed by atoms with Crippen LogP contribution in [0, 0.1) is 5.92 Å². The third-order valence-corrected chi connectivity index (χ3v) is 6.29. The van der Waals surface area contributed by atoms with E-state index >= 15 is 0 Å². The Morgan fingerprint density at radius 1 is 1.39 bits per heavy atom. The molecule has 0 saturated carbocycles. The predicted octanol–water partition coefficient (Wildman–Crippen LogP) is 1.83. The molecule has 1 aliphatic heterocycles. The molecule has 1 saturated heterocycles. The predicted molar refractivity (Wildman–Crippen MR) is 85.0 cm³/mol. The van der Waals surface area contributed by atoms with Crippen molar-refractivity contribution in [1.29, 1.82) is 0 Å². The first-order chi connectivity index (χ1) is 10.7. The summed E-state index contributed by atoms with van der Waals surface area (Å²) in [6.07, 6.45) is 0.998. The number of sulfone groups is 1. The molecule has 1 aromatic rings. The van der Waals surface area contributed by atoms with Gasteiger partial charge in [-0.2, -0.15) is 0 Å². The maximum absolute atomic E-state index is 12.4. The Balaban J connectivity index is 2.15. The molecule has 2 atom stereocenters. The summed E-state index contributed by atoms with van der Waals surface area (Å²) in [4.78, 5) is 24.8. The molecular formula is C15H18ClNO5S. The van der Waals surface area contributed by atoms with Crippen LogP contribution >= 0.6 is 11.6 Å². The number of hydrogen-bond acceptors (Lipinski definition) is 4. The van der Waals surface area contributed by atoms with Crippen LogP contribution in [-0.2, 0) is 19.4 Å². The molecule has 1 N–H and O–H groups in total. The van der Waals surface area contributed by atoms with Crippen LogP contribution in [0.15, 0.2) is 29.2 Å². The number of likely N-dealkylation sites (tertiary alicyclic amines) is 1. The lowest BCUT2D eigenvalue weighted by atomic mass is 10.1. The van der Waals surface area contributed by atoms with E-state index in [2.05, 4.69) is 0 Å². The van der Waals surface area contributed by atoms with Gasteiger partial charge in [0.1, 0.15) is 6.04 Å². The molecule has 8 heteroatoms. The first-order valence-corrected chi connectivity index (χ1v) is 9.27. The molecule has 126 valence electrons. The molecule has 1 fully saturated rings. The quantitative estimate of drug-likeness (QED) is 0.865. The van der Waals surface area contributed by atoms with E-state index < -0.39 is 39.4 Å². The summed E-state index contributed by atoms with van der Waals surface area (Å²) < 4.78 is 24.9. The third kappa shape index (κ3) is 3.84. The lowest BCUT2D eigenvalue weighted by Crippen LogP contribution is -2.44. The molecule has 0 aliphatic carbocycles. The highest BCUT2D eigenvalue weighted by atomic mass is 35.5. The molecule has 23 heavy (non-hydrogen) atoms. The molecule has 1 aliphatic rings. The van der Waals surface area contributed by atoms with Gasteiger partial charge in [0, 0.05) is 12.5 Å². The lowest BCUT2D eigenvalue weighted by molar-refractivity contribution is -0.149. The zero-order chi connectivity index (χ0) is 17.2. The van der Waals surface area contributed by atoms with Crippen molar-refractivity contribution in [2.24, 2.45) is 5.92 Å². The van der Waals surface area contributed by atoms with E-state index in [0.29, 0.717) is 19.4 Å². The number of carbonyl (C=O) groups excluding carboxylic acids is 1. The molecule has 1 heterocycles. The number of benzene rings is 1. The fourth-order valence-electron chi connectivity index (χ4n) is 2.76. The number of amides is 1. The fraction of sp³-hybridized carbons (Fsp3) is 0.467. The number of hydrogen-bond donors (Lipinski definition) is 1. The standard InChI is InChI=1S/C15H18ClNO5S/c1-10(14(18)17-8-4-6-12(17)15(19)20)9-23(21,22)13-7-3-2-5-11(13)16/h2-3,5,7,10,12H,4,6,8-9H2,1H3,(H,19,20)/t10-,12?/m1/s1. The zero-order valence-corrected chi connectivity index (χ0v) is 14.2. The second kappa shape index (κ2) is 6.88. The van der Waals surface area contributed by atoms with E-state index in [1.807, 2.05) is 0 Å². The average Bonchev–Trinajstić information content (AvgIpc) is 2.95. The van der Waals surface area contributed by atoms with Crippen molar-refractivity contribution in [3.63, 3.8) is 0 Å². The van der Waals surface area contributed by atoms with Gasteiger partial charge in [-0.15, -0.1) is 0 Å². The molecule has 2 rings (SSSR count). The molecule has 1 unspecified atom stereocenters. The highest BCUT2D eigenvalue weighted by Gasteiger charge is 2.37. The van der Waals surface area contributed by atoms with Gasteiger partial charge in [0.05, 0.1) is 15.7 Å². The van der Waals surface area contributed by atoms with E-state index in [1.165, 1.54) is 24.0 Å². The van der Waals surface area contributed by atoms with Gasteiger partial charge < -0.3 is 10.0 Å². The molecule has 6 nitrogen and oxygen atoms in total. The minimum atomic E-state index is -3.73. The summed E-state index contributed by atoms with van der Waals surface area (Å²) in [5.74, 6) is -2.75. The zero-order valence-electron chi connectivity index (χ0n) is 12.6. The van der Waals surface area contributed by atoms with Crippen LogP contribution in [0.2, 0.25) is 5.02 Å². The van der Waals surface area contributed by atoms with Crippen LogP contribution < -0.4 is 0 Å². The van der Waals surface area contributed by atoms with E-state index in [0.717, 1.165) is 0 Å². The second-order valence-electron chi connectivity index (χ2n) is 5.64. The lowest BCUT2D eigenvalue weighted by Gasteiger charge is -2.24. The van der Waals surface area contributed by atoms with Crippen LogP contribution in [-0.4, -0.2) is 48.6 Å². The topological polar surface area (TPSA) is 91.8 Å². The third-order valence-electron chi connectivity index (χ3n) is 3.88. The largest absolute Gasteiger partial charge is 0.480 e. The van der Waals surface area contributed by atoms with Crippen molar-refractivity contribution < 1.29 is 23.1 Å². The smallest absolute Gasteiger partial charge is 0.326 e. The number of carboxylic acid groups (broad SMARTS) is 1. The van der Waals surface area contributed by atoms with Gasteiger partial charge in [0.2, 0.25) is 5.91 Å². The Labute approximate surface area is 140 Å². The van der Waals surface area contributed by atoms with Gasteiger partial charge in [-0.3, -0.25) is 4.79 Å². The summed E-state index contributed by atoms with van der Waals surface area (Å²) in [5.41, 5.74) is 0. The maximum atomic E-state index is 12.4. The summed E-state index contributed by atoms with van der Waals surface area (Å²) in [5, 5.41) is 9.24.